The third-order valence-corrected chi connectivity index (χ3v) is 4.77. The van der Waals surface area contributed by atoms with Crippen molar-refractivity contribution in [3.05, 3.63) is 0 Å². The van der Waals surface area contributed by atoms with Crippen LogP contribution in [0.2, 0.25) is 0 Å². The Kier molecular flexibility index (Phi) is 4.28. The standard InChI is InChI=1S/C13H25NO3S/c1-8-17-11(15)9-10(12(2,3)4)14(9)18(16)13(5,6)7/h9-10H,8H2,1-7H3/t9-,10+,14?,18-/m0/s1. The van der Waals surface area contributed by atoms with Gasteiger partial charge >= 0.3 is 5.97 Å². The average Bonchev–Trinajstić information content (AvgIpc) is 2.89. The Morgan fingerprint density at radius 1 is 1.22 bits per heavy atom. The van der Waals surface area contributed by atoms with Gasteiger partial charge in [-0.25, -0.2) is 8.51 Å². The van der Waals surface area contributed by atoms with Gasteiger partial charge in [-0.2, -0.15) is 0 Å². The Morgan fingerprint density at radius 3 is 2.06 bits per heavy atom. The minimum absolute atomic E-state index is 0.00314. The lowest BCUT2D eigenvalue weighted by molar-refractivity contribution is -0.143. The number of hydrogen-bond donors (Lipinski definition) is 0. The summed E-state index contributed by atoms with van der Waals surface area (Å²) in [7, 11) is -1.18. The molecule has 0 aromatic carbocycles. The Bertz CT molecular complexity index is 354. The summed E-state index contributed by atoms with van der Waals surface area (Å²) in [6, 6.07) is -0.360. The van der Waals surface area contributed by atoms with Crippen LogP contribution in [0, 0.1) is 5.41 Å². The molecule has 4 atom stereocenters. The number of carbonyl (C=O) groups is 1. The lowest BCUT2D eigenvalue weighted by Gasteiger charge is -2.22. The molecule has 1 aliphatic heterocycles. The maximum Gasteiger partial charge on any atom is 0.326 e. The molecule has 1 rings (SSSR count). The van der Waals surface area contributed by atoms with E-state index in [0.29, 0.717) is 6.61 Å². The predicted molar refractivity (Wildman–Crippen MR) is 73.4 cm³/mol. The number of ether oxygens (including phenoxy) is 1. The Morgan fingerprint density at radius 2 is 1.72 bits per heavy atom. The summed E-state index contributed by atoms with van der Waals surface area (Å²) in [6.07, 6.45) is 0. The van der Waals surface area contributed by atoms with Crippen molar-refractivity contribution in [1.82, 2.24) is 4.31 Å². The highest BCUT2D eigenvalue weighted by Gasteiger charge is 2.63. The molecule has 5 heteroatoms. The first-order valence-corrected chi connectivity index (χ1v) is 7.49. The highest BCUT2D eigenvalue weighted by Crippen LogP contribution is 2.45. The van der Waals surface area contributed by atoms with Gasteiger partial charge in [0.25, 0.3) is 0 Å². The summed E-state index contributed by atoms with van der Waals surface area (Å²) in [5, 5.41) is 0. The molecule has 106 valence electrons. The second-order valence-corrected chi connectivity index (χ2v) is 8.87. The van der Waals surface area contributed by atoms with Crippen molar-refractivity contribution in [3.8, 4) is 0 Å². The van der Waals surface area contributed by atoms with Crippen LogP contribution in [0.4, 0.5) is 0 Å². The van der Waals surface area contributed by atoms with Crippen molar-refractivity contribution in [2.75, 3.05) is 6.61 Å². The van der Waals surface area contributed by atoms with E-state index in [1.807, 2.05) is 20.8 Å². The molecule has 4 nitrogen and oxygen atoms in total. The minimum atomic E-state index is -1.18. The highest BCUT2D eigenvalue weighted by atomic mass is 32.2. The van der Waals surface area contributed by atoms with Gasteiger partial charge in [-0.05, 0) is 33.1 Å². The van der Waals surface area contributed by atoms with E-state index in [2.05, 4.69) is 20.8 Å². The lowest BCUT2D eigenvalue weighted by Crippen LogP contribution is -2.31. The van der Waals surface area contributed by atoms with Gasteiger partial charge in [-0.15, -0.1) is 0 Å². The molecular weight excluding hydrogens is 250 g/mol. The SMILES string of the molecule is CCOC(=O)[C@@H]1[C@H](C(C)(C)C)N1[S@@](=O)C(C)(C)C. The van der Waals surface area contributed by atoms with Crippen LogP contribution >= 0.6 is 0 Å². The quantitative estimate of drug-likeness (QED) is 0.585. The summed E-state index contributed by atoms with van der Waals surface area (Å²) in [5.74, 6) is -0.255. The molecule has 1 heterocycles. The van der Waals surface area contributed by atoms with Crippen molar-refractivity contribution in [3.63, 3.8) is 0 Å². The fraction of sp³-hybridized carbons (Fsp3) is 0.923. The number of hydrogen-bond acceptors (Lipinski definition) is 3. The molecule has 0 amide bonds. The molecule has 0 aliphatic carbocycles. The molecule has 0 spiro atoms. The topological polar surface area (TPSA) is 46.4 Å². The van der Waals surface area contributed by atoms with Gasteiger partial charge in [0.1, 0.15) is 17.0 Å². The Balaban J connectivity index is 2.90. The molecule has 1 saturated heterocycles. The van der Waals surface area contributed by atoms with E-state index in [1.54, 1.807) is 11.2 Å². The van der Waals surface area contributed by atoms with E-state index >= 15 is 0 Å². The Labute approximate surface area is 113 Å². The average molecular weight is 275 g/mol. The van der Waals surface area contributed by atoms with E-state index in [4.69, 9.17) is 4.74 Å². The lowest BCUT2D eigenvalue weighted by atomic mass is 9.90. The van der Waals surface area contributed by atoms with Gasteiger partial charge in [-0.1, -0.05) is 20.8 Å². The van der Waals surface area contributed by atoms with Gasteiger partial charge in [-0.3, -0.25) is 4.79 Å². The summed E-state index contributed by atoms with van der Waals surface area (Å²) < 4.78 is 18.9. The van der Waals surface area contributed by atoms with Crippen molar-refractivity contribution < 1.29 is 13.7 Å². The third kappa shape index (κ3) is 3.12. The molecule has 1 aliphatic rings. The third-order valence-electron chi connectivity index (χ3n) is 2.89. The van der Waals surface area contributed by atoms with E-state index in [1.165, 1.54) is 0 Å². The molecule has 1 unspecified atom stereocenters. The van der Waals surface area contributed by atoms with Gasteiger partial charge in [0, 0.05) is 0 Å². The molecular formula is C13H25NO3S. The molecule has 1 fully saturated rings. The zero-order valence-corrected chi connectivity index (χ0v) is 13.3. The fourth-order valence-electron chi connectivity index (χ4n) is 2.05. The van der Waals surface area contributed by atoms with E-state index in [0.717, 1.165) is 0 Å². The first-order chi connectivity index (χ1) is 8.01. The maximum atomic E-state index is 12.4. The largest absolute Gasteiger partial charge is 0.465 e. The monoisotopic (exact) mass is 275 g/mol. The van der Waals surface area contributed by atoms with Gasteiger partial charge in [0.15, 0.2) is 0 Å². The number of carbonyl (C=O) groups excluding carboxylic acids is 1. The molecule has 0 saturated carbocycles. The minimum Gasteiger partial charge on any atom is -0.465 e. The zero-order valence-electron chi connectivity index (χ0n) is 12.4. The van der Waals surface area contributed by atoms with E-state index < -0.39 is 11.0 Å². The van der Waals surface area contributed by atoms with Crippen molar-refractivity contribution >= 4 is 17.0 Å². The number of nitrogens with zero attached hydrogens (tertiary/aromatic N) is 1. The van der Waals surface area contributed by atoms with Crippen LogP contribution in [0.5, 0.6) is 0 Å². The van der Waals surface area contributed by atoms with Crippen LogP contribution in [-0.2, 0) is 20.5 Å². The van der Waals surface area contributed by atoms with Crippen molar-refractivity contribution in [2.24, 2.45) is 5.41 Å². The molecule has 0 radical (unpaired) electrons. The van der Waals surface area contributed by atoms with Crippen LogP contribution in [0.3, 0.4) is 0 Å². The molecule has 0 bridgehead atoms. The fourth-order valence-corrected chi connectivity index (χ4v) is 3.67. The number of esters is 1. The first-order valence-electron chi connectivity index (χ1n) is 6.38. The summed E-state index contributed by atoms with van der Waals surface area (Å²) in [5.41, 5.74) is -0.0850. The van der Waals surface area contributed by atoms with Gasteiger partial charge in [0.05, 0.1) is 17.4 Å². The van der Waals surface area contributed by atoms with Crippen LogP contribution in [0.15, 0.2) is 0 Å². The second kappa shape index (κ2) is 4.93. The summed E-state index contributed by atoms with van der Waals surface area (Å²) in [4.78, 5) is 11.9. The van der Waals surface area contributed by atoms with Crippen LogP contribution < -0.4 is 0 Å². The number of rotatable bonds is 3. The highest BCUT2D eigenvalue weighted by molar-refractivity contribution is 7.84. The van der Waals surface area contributed by atoms with Gasteiger partial charge in [0.2, 0.25) is 0 Å². The summed E-state index contributed by atoms with van der Waals surface area (Å²) in [6.45, 7) is 14.1. The molecule has 0 aromatic heterocycles. The van der Waals surface area contributed by atoms with Crippen LogP contribution in [0.1, 0.15) is 48.5 Å². The molecule has 0 N–H and O–H groups in total. The van der Waals surface area contributed by atoms with Crippen molar-refractivity contribution in [2.45, 2.75) is 65.3 Å². The van der Waals surface area contributed by atoms with Crippen molar-refractivity contribution in [1.29, 1.82) is 0 Å². The normalized spacial score (nSPS) is 29.8. The zero-order chi connectivity index (χ0) is 14.3. The van der Waals surface area contributed by atoms with Gasteiger partial charge < -0.3 is 4.74 Å². The predicted octanol–water partition coefficient (Wildman–Crippen LogP) is 2.11. The summed E-state index contributed by atoms with van der Waals surface area (Å²) >= 11 is 0. The Hall–Kier alpha value is -0.420. The molecule has 18 heavy (non-hydrogen) atoms. The van der Waals surface area contributed by atoms with Crippen LogP contribution in [-0.4, -0.2) is 37.9 Å². The maximum absolute atomic E-state index is 12.4. The molecule has 0 aromatic rings. The van der Waals surface area contributed by atoms with E-state index in [9.17, 15) is 9.00 Å². The first kappa shape index (κ1) is 15.6. The van der Waals surface area contributed by atoms with Crippen LogP contribution in [0.25, 0.3) is 0 Å². The second-order valence-electron chi connectivity index (χ2n) is 6.73. The van der Waals surface area contributed by atoms with E-state index in [-0.39, 0.29) is 28.2 Å². The smallest absolute Gasteiger partial charge is 0.326 e.